The number of aliphatic hydroxyl groups is 1. The number of hydrogen-bond donors (Lipinski definition) is 2. The molecule has 1 rings (SSSR count). The van der Waals surface area contributed by atoms with Crippen LogP contribution >= 0.6 is 0 Å². The molecule has 0 saturated carbocycles. The summed E-state index contributed by atoms with van der Waals surface area (Å²) in [4.78, 5) is 0.0618. The zero-order valence-corrected chi connectivity index (χ0v) is 11.0. The summed E-state index contributed by atoms with van der Waals surface area (Å²) >= 11 is 0. The number of nitrogen functional groups attached to an aromatic ring is 1. The second-order valence-electron chi connectivity index (χ2n) is 4.61. The highest BCUT2D eigenvalue weighted by atomic mass is 32.2. The predicted molar refractivity (Wildman–Crippen MR) is 67.0 cm³/mol. The number of rotatable bonds is 4. The molecule has 96 valence electrons. The number of likely N-dealkylation sites (N-methyl/N-ethyl adjacent to an activating group) is 1. The van der Waals surface area contributed by atoms with Crippen molar-refractivity contribution in [3.8, 4) is 0 Å². The Morgan fingerprint density at radius 2 is 1.88 bits per heavy atom. The number of nitrogens with zero attached hydrogens (tertiary/aromatic N) is 1. The zero-order chi connectivity index (χ0) is 13.3. The van der Waals surface area contributed by atoms with Crippen molar-refractivity contribution in [1.82, 2.24) is 4.31 Å². The maximum absolute atomic E-state index is 12.2. The van der Waals surface area contributed by atoms with Gasteiger partial charge in [0.15, 0.2) is 0 Å². The fourth-order valence-corrected chi connectivity index (χ4v) is 2.95. The minimum Gasteiger partial charge on any atom is -0.398 e. The highest BCUT2D eigenvalue weighted by Gasteiger charge is 2.27. The van der Waals surface area contributed by atoms with Crippen molar-refractivity contribution in [2.45, 2.75) is 24.3 Å². The van der Waals surface area contributed by atoms with Gasteiger partial charge in [-0.25, -0.2) is 8.42 Å². The molecule has 0 aliphatic heterocycles. The number of nitrogens with two attached hydrogens (primary N) is 1. The lowest BCUT2D eigenvalue weighted by Gasteiger charge is -2.25. The molecule has 17 heavy (non-hydrogen) atoms. The third-order valence-corrected chi connectivity index (χ3v) is 4.09. The lowest BCUT2D eigenvalue weighted by Crippen LogP contribution is -2.39. The van der Waals surface area contributed by atoms with Gasteiger partial charge in [0.1, 0.15) is 4.90 Å². The van der Waals surface area contributed by atoms with Crippen LogP contribution in [0.1, 0.15) is 13.8 Å². The van der Waals surface area contributed by atoms with E-state index in [2.05, 4.69) is 0 Å². The van der Waals surface area contributed by atoms with Crippen LogP contribution in [0, 0.1) is 0 Å². The van der Waals surface area contributed by atoms with E-state index in [1.807, 2.05) is 0 Å². The van der Waals surface area contributed by atoms with E-state index in [-0.39, 0.29) is 17.1 Å². The number of anilines is 1. The fourth-order valence-electron chi connectivity index (χ4n) is 1.51. The van der Waals surface area contributed by atoms with Gasteiger partial charge in [0.25, 0.3) is 0 Å². The van der Waals surface area contributed by atoms with Gasteiger partial charge >= 0.3 is 0 Å². The van der Waals surface area contributed by atoms with E-state index < -0.39 is 15.6 Å². The number of benzene rings is 1. The largest absolute Gasteiger partial charge is 0.398 e. The molecule has 0 spiro atoms. The first-order chi connectivity index (χ1) is 7.64. The first-order valence-corrected chi connectivity index (χ1v) is 6.62. The Balaban J connectivity index is 3.09. The molecule has 0 amide bonds. The van der Waals surface area contributed by atoms with E-state index in [4.69, 9.17) is 5.73 Å². The molecule has 0 unspecified atom stereocenters. The second-order valence-corrected chi connectivity index (χ2v) is 6.62. The van der Waals surface area contributed by atoms with E-state index in [1.54, 1.807) is 26.0 Å². The van der Waals surface area contributed by atoms with Crippen LogP contribution in [-0.4, -0.2) is 37.0 Å². The molecular weight excluding hydrogens is 240 g/mol. The van der Waals surface area contributed by atoms with Gasteiger partial charge in [0.05, 0.1) is 11.3 Å². The van der Waals surface area contributed by atoms with E-state index >= 15 is 0 Å². The maximum Gasteiger partial charge on any atom is 0.244 e. The predicted octanol–water partition coefficient (Wildman–Crippen LogP) is 0.660. The molecule has 1 aromatic rings. The molecule has 5 nitrogen and oxygen atoms in total. The third-order valence-electron chi connectivity index (χ3n) is 2.22. The average Bonchev–Trinajstić information content (AvgIpc) is 2.15. The maximum atomic E-state index is 12.2. The van der Waals surface area contributed by atoms with Crippen LogP contribution in [0.4, 0.5) is 5.69 Å². The summed E-state index contributed by atoms with van der Waals surface area (Å²) < 4.78 is 25.4. The van der Waals surface area contributed by atoms with Crippen LogP contribution in [0.15, 0.2) is 29.2 Å². The lowest BCUT2D eigenvalue weighted by molar-refractivity contribution is 0.0640. The highest BCUT2D eigenvalue weighted by molar-refractivity contribution is 7.89. The van der Waals surface area contributed by atoms with Crippen LogP contribution in [0.2, 0.25) is 0 Å². The van der Waals surface area contributed by atoms with Gasteiger partial charge in [-0.15, -0.1) is 0 Å². The molecule has 0 bridgehead atoms. The minimum absolute atomic E-state index is 0.00364. The summed E-state index contributed by atoms with van der Waals surface area (Å²) in [6.45, 7) is 3.10. The Bertz CT molecular complexity index is 492. The van der Waals surface area contributed by atoms with Crippen molar-refractivity contribution in [2.75, 3.05) is 19.3 Å². The molecule has 0 atom stereocenters. The van der Waals surface area contributed by atoms with E-state index in [0.717, 1.165) is 4.31 Å². The van der Waals surface area contributed by atoms with E-state index in [1.165, 1.54) is 19.2 Å². The molecule has 6 heteroatoms. The summed E-state index contributed by atoms with van der Waals surface area (Å²) in [6, 6.07) is 6.27. The van der Waals surface area contributed by atoms with Gasteiger partial charge in [-0.2, -0.15) is 4.31 Å². The summed E-state index contributed by atoms with van der Waals surface area (Å²) in [7, 11) is -2.24. The summed E-state index contributed by atoms with van der Waals surface area (Å²) in [5, 5.41) is 9.63. The fraction of sp³-hybridized carbons (Fsp3) is 0.455. The average molecular weight is 258 g/mol. The number of hydrogen-bond acceptors (Lipinski definition) is 4. The Kier molecular flexibility index (Phi) is 3.81. The molecular formula is C11H18N2O3S. The molecule has 0 heterocycles. The van der Waals surface area contributed by atoms with Crippen LogP contribution in [0.3, 0.4) is 0 Å². The van der Waals surface area contributed by atoms with Crippen LogP contribution in [0.5, 0.6) is 0 Å². The van der Waals surface area contributed by atoms with Crippen molar-refractivity contribution in [3.63, 3.8) is 0 Å². The number of sulfonamides is 1. The lowest BCUT2D eigenvalue weighted by atomic mass is 10.1. The normalized spacial score (nSPS) is 13.0. The molecule has 0 radical (unpaired) electrons. The summed E-state index contributed by atoms with van der Waals surface area (Å²) in [6.07, 6.45) is 0. The molecule has 0 aromatic heterocycles. The van der Waals surface area contributed by atoms with Crippen molar-refractivity contribution < 1.29 is 13.5 Å². The smallest absolute Gasteiger partial charge is 0.244 e. The van der Waals surface area contributed by atoms with Crippen molar-refractivity contribution in [2.24, 2.45) is 0 Å². The first kappa shape index (κ1) is 14.0. The summed E-state index contributed by atoms with van der Waals surface area (Å²) in [5.41, 5.74) is 4.75. The first-order valence-electron chi connectivity index (χ1n) is 5.18. The van der Waals surface area contributed by atoms with Crippen LogP contribution in [0.25, 0.3) is 0 Å². The molecule has 0 fully saturated rings. The molecule has 0 aliphatic carbocycles. The van der Waals surface area contributed by atoms with Crippen LogP contribution < -0.4 is 5.73 Å². The van der Waals surface area contributed by atoms with Gasteiger partial charge in [-0.3, -0.25) is 0 Å². The standard InChI is InChI=1S/C11H18N2O3S/c1-11(2,14)8-13(3)17(15,16)10-7-5-4-6-9(10)12/h4-7,14H,8,12H2,1-3H3. The Morgan fingerprint density at radius 1 is 1.35 bits per heavy atom. The Hall–Kier alpha value is -1.11. The van der Waals surface area contributed by atoms with Gasteiger partial charge in [0, 0.05) is 13.6 Å². The van der Waals surface area contributed by atoms with Gasteiger partial charge in [0.2, 0.25) is 10.0 Å². The molecule has 0 aliphatic rings. The Morgan fingerprint density at radius 3 is 2.35 bits per heavy atom. The molecule has 1 aromatic carbocycles. The van der Waals surface area contributed by atoms with Crippen molar-refractivity contribution in [3.05, 3.63) is 24.3 Å². The van der Waals surface area contributed by atoms with Crippen LogP contribution in [-0.2, 0) is 10.0 Å². The van der Waals surface area contributed by atoms with E-state index in [9.17, 15) is 13.5 Å². The Labute approximate surface area is 102 Å². The quantitative estimate of drug-likeness (QED) is 0.777. The van der Waals surface area contributed by atoms with Gasteiger partial charge in [-0.1, -0.05) is 12.1 Å². The van der Waals surface area contributed by atoms with Gasteiger partial charge < -0.3 is 10.8 Å². The SMILES string of the molecule is CN(CC(C)(C)O)S(=O)(=O)c1ccccc1N. The summed E-state index contributed by atoms with van der Waals surface area (Å²) in [5.74, 6) is 0. The molecule has 3 N–H and O–H groups in total. The monoisotopic (exact) mass is 258 g/mol. The third kappa shape index (κ3) is 3.42. The second kappa shape index (κ2) is 4.64. The van der Waals surface area contributed by atoms with Gasteiger partial charge in [-0.05, 0) is 26.0 Å². The highest BCUT2D eigenvalue weighted by Crippen LogP contribution is 2.21. The minimum atomic E-state index is -3.65. The zero-order valence-electron chi connectivity index (χ0n) is 10.2. The van der Waals surface area contributed by atoms with E-state index in [0.29, 0.717) is 0 Å². The number of para-hydroxylation sites is 1. The van der Waals surface area contributed by atoms with Crippen molar-refractivity contribution >= 4 is 15.7 Å². The molecule has 0 saturated heterocycles. The topological polar surface area (TPSA) is 83.6 Å². The van der Waals surface area contributed by atoms with Crippen molar-refractivity contribution in [1.29, 1.82) is 0 Å².